The van der Waals surface area contributed by atoms with Crippen molar-refractivity contribution in [3.8, 4) is 11.1 Å². The number of amides is 1. The number of nitrogens with one attached hydrogen (secondary N) is 3. The molecule has 0 unspecified atom stereocenters. The van der Waals surface area contributed by atoms with Crippen molar-refractivity contribution in [1.29, 1.82) is 0 Å². The molecule has 0 atom stereocenters. The van der Waals surface area contributed by atoms with Gasteiger partial charge in [0.25, 0.3) is 5.91 Å². The lowest BCUT2D eigenvalue weighted by Gasteiger charge is -2.08. The van der Waals surface area contributed by atoms with Gasteiger partial charge in [0.1, 0.15) is 11.3 Å². The van der Waals surface area contributed by atoms with Gasteiger partial charge in [0.05, 0.1) is 16.6 Å². The van der Waals surface area contributed by atoms with Crippen LogP contribution in [0.4, 0.5) is 19.1 Å². The van der Waals surface area contributed by atoms with Crippen LogP contribution in [0.25, 0.3) is 27.8 Å². The van der Waals surface area contributed by atoms with E-state index in [4.69, 9.17) is 0 Å². The van der Waals surface area contributed by atoms with Crippen LogP contribution in [-0.4, -0.2) is 31.8 Å². The molecule has 5 rings (SSSR count). The summed E-state index contributed by atoms with van der Waals surface area (Å²) in [4.78, 5) is 24.5. The minimum Gasteiger partial charge on any atom is -0.324 e. The quantitative estimate of drug-likeness (QED) is 0.311. The van der Waals surface area contributed by atoms with Gasteiger partial charge in [0.15, 0.2) is 0 Å². The molecule has 0 saturated heterocycles. The Hall–Kier alpha value is -4.18. The summed E-state index contributed by atoms with van der Waals surface area (Å²) in [7, 11) is 0. The molecule has 10 heteroatoms. The summed E-state index contributed by atoms with van der Waals surface area (Å²) in [5, 5.41) is 5.96. The van der Waals surface area contributed by atoms with Crippen LogP contribution in [0, 0.1) is 0 Å². The largest absolute Gasteiger partial charge is 0.416 e. The Balaban J connectivity index is 1.37. The van der Waals surface area contributed by atoms with E-state index in [1.165, 1.54) is 6.07 Å². The molecule has 0 aliphatic heterocycles. The second kappa shape index (κ2) is 8.88. The predicted molar refractivity (Wildman–Crippen MR) is 127 cm³/mol. The van der Waals surface area contributed by atoms with Gasteiger partial charge in [0.2, 0.25) is 5.95 Å². The maximum absolute atomic E-state index is 13.1. The number of halogens is 3. The molecule has 0 bridgehead atoms. The lowest BCUT2D eigenvalue weighted by molar-refractivity contribution is -0.137. The summed E-state index contributed by atoms with van der Waals surface area (Å²) in [5.41, 5.74) is 3.39. The first-order valence-electron chi connectivity index (χ1n) is 11.0. The molecule has 0 aliphatic rings. The molecule has 35 heavy (non-hydrogen) atoms. The zero-order valence-electron chi connectivity index (χ0n) is 18.6. The number of H-pyrrole nitrogens is 1. The molecule has 0 aliphatic carbocycles. The van der Waals surface area contributed by atoms with Crippen molar-refractivity contribution in [3.05, 3.63) is 83.8 Å². The molecule has 0 fully saturated rings. The van der Waals surface area contributed by atoms with Gasteiger partial charge in [-0.15, -0.1) is 0 Å². The summed E-state index contributed by atoms with van der Waals surface area (Å²) in [5.74, 6) is -0.213. The first-order chi connectivity index (χ1) is 16.8. The molecule has 0 saturated carbocycles. The van der Waals surface area contributed by atoms with E-state index >= 15 is 0 Å². The van der Waals surface area contributed by atoms with Crippen LogP contribution < -0.4 is 10.6 Å². The van der Waals surface area contributed by atoms with Crippen molar-refractivity contribution in [2.75, 3.05) is 11.9 Å². The molecule has 0 spiro atoms. The Bertz CT molecular complexity index is 1540. The molecule has 5 aromatic rings. The lowest BCUT2D eigenvalue weighted by atomic mass is 10.0. The minimum absolute atomic E-state index is 0.219. The van der Waals surface area contributed by atoms with Gasteiger partial charge in [-0.3, -0.25) is 10.1 Å². The highest BCUT2D eigenvalue weighted by atomic mass is 19.4. The van der Waals surface area contributed by atoms with Crippen LogP contribution in [0.5, 0.6) is 0 Å². The van der Waals surface area contributed by atoms with Gasteiger partial charge in [-0.1, -0.05) is 31.2 Å². The number of carbonyl (C=O) groups excluding carboxylic acids is 1. The van der Waals surface area contributed by atoms with Crippen molar-refractivity contribution < 1.29 is 18.0 Å². The standard InChI is InChI=1S/C25H21F3N6O/c1-2-29-12-15-6-9-22-30-21(14-34(22)13-15)23(35)33-24-31-19-8-7-17(11-20(19)32-24)16-4-3-5-18(10-16)25(26,27)28/h3-11,13-14,29H,2,12H2,1H3,(H2,31,32,33,35). The Morgan fingerprint density at radius 1 is 1.03 bits per heavy atom. The molecule has 178 valence electrons. The second-order valence-corrected chi connectivity index (χ2v) is 8.06. The van der Waals surface area contributed by atoms with E-state index < -0.39 is 17.6 Å². The topological polar surface area (TPSA) is 87.1 Å². The lowest BCUT2D eigenvalue weighted by Crippen LogP contribution is -2.13. The number of hydrogen-bond donors (Lipinski definition) is 3. The van der Waals surface area contributed by atoms with Crippen LogP contribution in [0.15, 0.2) is 67.0 Å². The molecule has 1 amide bonds. The molecule has 3 heterocycles. The Labute approximate surface area is 198 Å². The van der Waals surface area contributed by atoms with Crippen molar-refractivity contribution in [3.63, 3.8) is 0 Å². The average molecular weight is 478 g/mol. The Morgan fingerprint density at radius 3 is 2.66 bits per heavy atom. The number of nitrogens with zero attached hydrogens (tertiary/aromatic N) is 3. The number of pyridine rings is 1. The van der Waals surface area contributed by atoms with E-state index in [1.54, 1.807) is 34.9 Å². The smallest absolute Gasteiger partial charge is 0.324 e. The van der Waals surface area contributed by atoms with Crippen LogP contribution in [0.2, 0.25) is 0 Å². The highest BCUT2D eigenvalue weighted by molar-refractivity contribution is 6.03. The molecule has 7 nitrogen and oxygen atoms in total. The Kier molecular flexibility index (Phi) is 5.73. The predicted octanol–water partition coefficient (Wildman–Crippen LogP) is 5.26. The van der Waals surface area contributed by atoms with Gasteiger partial charge >= 0.3 is 6.18 Å². The fraction of sp³-hybridized carbons (Fsp3) is 0.160. The summed E-state index contributed by atoms with van der Waals surface area (Å²) >= 11 is 0. The average Bonchev–Trinajstić information content (AvgIpc) is 3.45. The SMILES string of the molecule is CCNCc1ccc2nc(C(=O)Nc3nc4cc(-c5cccc(C(F)(F)F)c5)ccc4[nH]3)cn2c1. The molecule has 3 N–H and O–H groups in total. The van der Waals surface area contributed by atoms with Gasteiger partial charge in [0, 0.05) is 18.9 Å². The first-order valence-corrected chi connectivity index (χ1v) is 11.0. The molecule has 2 aromatic carbocycles. The molecular formula is C25H21F3N6O. The van der Waals surface area contributed by atoms with E-state index in [9.17, 15) is 18.0 Å². The molecular weight excluding hydrogens is 457 g/mol. The van der Waals surface area contributed by atoms with E-state index in [1.807, 2.05) is 25.3 Å². The van der Waals surface area contributed by atoms with Crippen LogP contribution >= 0.6 is 0 Å². The number of imidazole rings is 2. The van der Waals surface area contributed by atoms with Gasteiger partial charge < -0.3 is 14.7 Å². The number of anilines is 1. The van der Waals surface area contributed by atoms with Crippen LogP contribution in [-0.2, 0) is 12.7 Å². The first kappa shape index (κ1) is 22.6. The zero-order chi connectivity index (χ0) is 24.6. The molecule has 0 radical (unpaired) electrons. The van der Waals surface area contributed by atoms with Crippen LogP contribution in [0.3, 0.4) is 0 Å². The zero-order valence-corrected chi connectivity index (χ0v) is 18.6. The van der Waals surface area contributed by atoms with Crippen molar-refractivity contribution >= 4 is 28.5 Å². The van der Waals surface area contributed by atoms with Crippen molar-refractivity contribution in [2.45, 2.75) is 19.6 Å². The van der Waals surface area contributed by atoms with E-state index in [0.29, 0.717) is 34.4 Å². The number of aromatic amines is 1. The van der Waals surface area contributed by atoms with Gasteiger partial charge in [-0.05, 0) is 53.6 Å². The van der Waals surface area contributed by atoms with Crippen molar-refractivity contribution in [1.82, 2.24) is 24.7 Å². The summed E-state index contributed by atoms with van der Waals surface area (Å²) in [6.45, 7) is 3.60. The number of rotatable bonds is 6. The normalized spacial score (nSPS) is 11.9. The third-order valence-corrected chi connectivity index (χ3v) is 5.56. The number of benzene rings is 2. The fourth-order valence-corrected chi connectivity index (χ4v) is 3.81. The van der Waals surface area contributed by atoms with Gasteiger partial charge in [-0.2, -0.15) is 13.2 Å². The highest BCUT2D eigenvalue weighted by Gasteiger charge is 2.30. The number of carbonyl (C=O) groups is 1. The third kappa shape index (κ3) is 4.73. The third-order valence-electron chi connectivity index (χ3n) is 5.56. The Morgan fingerprint density at radius 2 is 1.86 bits per heavy atom. The monoisotopic (exact) mass is 478 g/mol. The summed E-state index contributed by atoms with van der Waals surface area (Å²) in [6, 6.07) is 14.0. The van der Waals surface area contributed by atoms with Crippen LogP contribution in [0.1, 0.15) is 28.5 Å². The summed E-state index contributed by atoms with van der Waals surface area (Å²) < 4.78 is 41.0. The molecule has 3 aromatic heterocycles. The maximum atomic E-state index is 13.1. The number of aromatic nitrogens is 4. The number of fused-ring (bicyclic) bond motifs is 2. The highest BCUT2D eigenvalue weighted by Crippen LogP contribution is 2.33. The summed E-state index contributed by atoms with van der Waals surface area (Å²) in [6.07, 6.45) is -0.859. The minimum atomic E-state index is -4.42. The number of hydrogen-bond acceptors (Lipinski definition) is 4. The van der Waals surface area contributed by atoms with E-state index in [0.717, 1.165) is 24.2 Å². The van der Waals surface area contributed by atoms with Gasteiger partial charge in [-0.25, -0.2) is 9.97 Å². The van der Waals surface area contributed by atoms with E-state index in [2.05, 4.69) is 25.6 Å². The van der Waals surface area contributed by atoms with Crippen molar-refractivity contribution in [2.24, 2.45) is 0 Å². The number of alkyl halides is 3. The van der Waals surface area contributed by atoms with E-state index in [-0.39, 0.29) is 11.6 Å². The maximum Gasteiger partial charge on any atom is 0.416 e. The fourth-order valence-electron chi connectivity index (χ4n) is 3.81. The second-order valence-electron chi connectivity index (χ2n) is 8.06.